The number of rotatable bonds is 5. The van der Waals surface area contributed by atoms with Crippen LogP contribution in [0.2, 0.25) is 0 Å². The Hall–Kier alpha value is -3.20. The normalized spacial score (nSPS) is 11.3. The van der Waals surface area contributed by atoms with Gasteiger partial charge in [0.05, 0.1) is 11.8 Å². The van der Waals surface area contributed by atoms with Crippen molar-refractivity contribution in [1.29, 1.82) is 0 Å². The van der Waals surface area contributed by atoms with Crippen LogP contribution in [0.1, 0.15) is 38.7 Å². The fourth-order valence-electron chi connectivity index (χ4n) is 4.11. The standard InChI is InChI=1S/C26H24FIN4O/c1-16-13-20(18(3)31(16)24-11-7-22(28)8-12-24)15-29-30-26(33)25-14-17(2)32(19(25)4)23-9-5-21(27)6-10-23/h5-15H,1-4H3,(H,30,33). The van der Waals surface area contributed by atoms with Crippen LogP contribution in [0.5, 0.6) is 0 Å². The maximum atomic E-state index is 13.3. The van der Waals surface area contributed by atoms with Gasteiger partial charge in [-0.25, -0.2) is 9.82 Å². The van der Waals surface area contributed by atoms with Crippen LogP contribution in [0, 0.1) is 37.1 Å². The second-order valence-electron chi connectivity index (χ2n) is 7.93. The molecule has 0 unspecified atom stereocenters. The summed E-state index contributed by atoms with van der Waals surface area (Å²) in [5.74, 6) is -0.589. The number of benzene rings is 2. The van der Waals surface area contributed by atoms with E-state index in [0.29, 0.717) is 5.56 Å². The molecule has 0 fully saturated rings. The highest BCUT2D eigenvalue weighted by Gasteiger charge is 2.16. The van der Waals surface area contributed by atoms with Crippen molar-refractivity contribution in [2.75, 3.05) is 0 Å². The summed E-state index contributed by atoms with van der Waals surface area (Å²) in [6.45, 7) is 7.86. The highest BCUT2D eigenvalue weighted by molar-refractivity contribution is 14.1. The van der Waals surface area contributed by atoms with Gasteiger partial charge in [-0.05, 0) is 111 Å². The number of amides is 1. The molecule has 2 heterocycles. The number of nitrogens with zero attached hydrogens (tertiary/aromatic N) is 3. The van der Waals surface area contributed by atoms with Crippen LogP contribution in [0.25, 0.3) is 11.4 Å². The van der Waals surface area contributed by atoms with Crippen LogP contribution in [0.15, 0.2) is 65.8 Å². The maximum absolute atomic E-state index is 13.3. The molecule has 0 saturated heterocycles. The lowest BCUT2D eigenvalue weighted by atomic mass is 10.2. The van der Waals surface area contributed by atoms with E-state index >= 15 is 0 Å². The topological polar surface area (TPSA) is 51.3 Å². The SMILES string of the molecule is Cc1cc(C=NNC(=O)c2cc(C)n(-c3ccc(F)cc3)c2C)c(C)n1-c1ccc(I)cc1. The quantitative estimate of drug-likeness (QED) is 0.184. The zero-order chi connectivity index (χ0) is 23.7. The molecule has 0 atom stereocenters. The number of nitrogens with one attached hydrogen (secondary N) is 1. The first-order chi connectivity index (χ1) is 15.8. The van der Waals surface area contributed by atoms with E-state index in [1.807, 2.05) is 44.4 Å². The molecule has 0 bridgehead atoms. The van der Waals surface area contributed by atoms with Gasteiger partial charge in [0.25, 0.3) is 5.91 Å². The van der Waals surface area contributed by atoms with Crippen molar-refractivity contribution in [2.24, 2.45) is 5.10 Å². The molecule has 4 aromatic rings. The number of carbonyl (C=O) groups excluding carboxylic acids is 1. The smallest absolute Gasteiger partial charge is 0.273 e. The minimum atomic E-state index is -0.296. The Kier molecular flexibility index (Phi) is 6.51. The third-order valence-electron chi connectivity index (χ3n) is 5.69. The number of aryl methyl sites for hydroxylation is 2. The Labute approximate surface area is 206 Å². The van der Waals surface area contributed by atoms with E-state index < -0.39 is 0 Å². The van der Waals surface area contributed by atoms with Crippen molar-refractivity contribution in [1.82, 2.24) is 14.6 Å². The van der Waals surface area contributed by atoms with E-state index in [1.54, 1.807) is 18.3 Å². The molecule has 2 aromatic carbocycles. The molecule has 1 amide bonds. The van der Waals surface area contributed by atoms with Gasteiger partial charge < -0.3 is 9.13 Å². The summed E-state index contributed by atoms with van der Waals surface area (Å²) in [5.41, 5.74) is 9.77. The molecule has 5 nitrogen and oxygen atoms in total. The zero-order valence-corrected chi connectivity index (χ0v) is 21.0. The minimum Gasteiger partial charge on any atom is -0.318 e. The highest BCUT2D eigenvalue weighted by Crippen LogP contribution is 2.22. The largest absolute Gasteiger partial charge is 0.318 e. The first kappa shape index (κ1) is 23.0. The van der Waals surface area contributed by atoms with Crippen LogP contribution in [-0.4, -0.2) is 21.3 Å². The molecule has 2 aromatic heterocycles. The predicted octanol–water partition coefficient (Wildman–Crippen LogP) is 6.01. The monoisotopic (exact) mass is 554 g/mol. The molecule has 4 rings (SSSR count). The molecule has 0 saturated carbocycles. The second kappa shape index (κ2) is 9.35. The number of hydrogen-bond donors (Lipinski definition) is 1. The van der Waals surface area contributed by atoms with Gasteiger partial charge in [0, 0.05) is 43.3 Å². The summed E-state index contributed by atoms with van der Waals surface area (Å²) in [6.07, 6.45) is 1.67. The molecule has 0 radical (unpaired) electrons. The van der Waals surface area contributed by atoms with E-state index in [4.69, 9.17) is 0 Å². The predicted molar refractivity (Wildman–Crippen MR) is 138 cm³/mol. The molecular formula is C26H24FIN4O. The molecule has 0 aliphatic heterocycles. The van der Waals surface area contributed by atoms with Gasteiger partial charge in [-0.1, -0.05) is 0 Å². The van der Waals surface area contributed by atoms with Crippen molar-refractivity contribution < 1.29 is 9.18 Å². The molecule has 0 aliphatic carbocycles. The number of halogens is 2. The van der Waals surface area contributed by atoms with E-state index in [-0.39, 0.29) is 11.7 Å². The Morgan fingerprint density at radius 3 is 2.06 bits per heavy atom. The van der Waals surface area contributed by atoms with Gasteiger partial charge in [0.15, 0.2) is 0 Å². The van der Waals surface area contributed by atoms with E-state index in [9.17, 15) is 9.18 Å². The molecule has 1 N–H and O–H groups in total. The number of aromatic nitrogens is 2. The summed E-state index contributed by atoms with van der Waals surface area (Å²) in [4.78, 5) is 12.8. The molecule has 33 heavy (non-hydrogen) atoms. The minimum absolute atomic E-state index is 0.292. The Balaban J connectivity index is 1.54. The van der Waals surface area contributed by atoms with Gasteiger partial charge in [-0.15, -0.1) is 0 Å². The highest BCUT2D eigenvalue weighted by atomic mass is 127. The van der Waals surface area contributed by atoms with Crippen molar-refractivity contribution in [3.8, 4) is 11.4 Å². The van der Waals surface area contributed by atoms with E-state index in [2.05, 4.69) is 62.0 Å². The Bertz CT molecular complexity index is 1350. The van der Waals surface area contributed by atoms with Gasteiger partial charge in [-0.3, -0.25) is 4.79 Å². The van der Waals surface area contributed by atoms with Crippen LogP contribution in [0.3, 0.4) is 0 Å². The van der Waals surface area contributed by atoms with Crippen molar-refractivity contribution in [2.45, 2.75) is 27.7 Å². The third-order valence-corrected chi connectivity index (χ3v) is 6.40. The Morgan fingerprint density at radius 2 is 1.42 bits per heavy atom. The summed E-state index contributed by atoms with van der Waals surface area (Å²) < 4.78 is 18.6. The lowest BCUT2D eigenvalue weighted by molar-refractivity contribution is 0.0954. The fraction of sp³-hybridized carbons (Fsp3) is 0.154. The summed E-state index contributed by atoms with van der Waals surface area (Å²) in [7, 11) is 0. The van der Waals surface area contributed by atoms with Crippen LogP contribution in [0.4, 0.5) is 4.39 Å². The molecule has 0 spiro atoms. The molecule has 0 aliphatic rings. The van der Waals surface area contributed by atoms with Crippen LogP contribution in [-0.2, 0) is 0 Å². The lowest BCUT2D eigenvalue weighted by Gasteiger charge is -2.10. The zero-order valence-electron chi connectivity index (χ0n) is 18.9. The van der Waals surface area contributed by atoms with Crippen LogP contribution >= 0.6 is 22.6 Å². The average molecular weight is 554 g/mol. The van der Waals surface area contributed by atoms with Crippen LogP contribution < -0.4 is 5.43 Å². The fourth-order valence-corrected chi connectivity index (χ4v) is 4.47. The first-order valence-electron chi connectivity index (χ1n) is 10.5. The van der Waals surface area contributed by atoms with Gasteiger partial charge in [-0.2, -0.15) is 5.10 Å². The van der Waals surface area contributed by atoms with Gasteiger partial charge in [0.2, 0.25) is 0 Å². The Morgan fingerprint density at radius 1 is 0.879 bits per heavy atom. The van der Waals surface area contributed by atoms with Gasteiger partial charge >= 0.3 is 0 Å². The number of hydrogen-bond acceptors (Lipinski definition) is 2. The molecule has 168 valence electrons. The third kappa shape index (κ3) is 4.64. The summed E-state index contributed by atoms with van der Waals surface area (Å²) >= 11 is 2.29. The van der Waals surface area contributed by atoms with Crippen molar-refractivity contribution >= 4 is 34.7 Å². The number of hydrazone groups is 1. The maximum Gasteiger partial charge on any atom is 0.273 e. The molecule has 7 heteroatoms. The van der Waals surface area contributed by atoms with E-state index in [1.165, 1.54) is 15.7 Å². The lowest BCUT2D eigenvalue weighted by Crippen LogP contribution is -2.18. The number of carbonyl (C=O) groups is 1. The summed E-state index contributed by atoms with van der Waals surface area (Å²) in [5, 5.41) is 4.21. The van der Waals surface area contributed by atoms with Crippen molar-refractivity contribution in [3.63, 3.8) is 0 Å². The van der Waals surface area contributed by atoms with Crippen molar-refractivity contribution in [3.05, 3.63) is 104 Å². The molecular weight excluding hydrogens is 530 g/mol. The average Bonchev–Trinajstić information content (AvgIpc) is 3.24. The van der Waals surface area contributed by atoms with Gasteiger partial charge in [0.1, 0.15) is 5.82 Å². The van der Waals surface area contributed by atoms with E-state index in [0.717, 1.165) is 39.7 Å². The first-order valence-corrected chi connectivity index (χ1v) is 11.6. The second-order valence-corrected chi connectivity index (χ2v) is 9.18. The summed E-state index contributed by atoms with van der Waals surface area (Å²) in [6, 6.07) is 18.4.